The van der Waals surface area contributed by atoms with Gasteiger partial charge in [0.15, 0.2) is 5.82 Å². The van der Waals surface area contributed by atoms with Gasteiger partial charge in [-0.1, -0.05) is 0 Å². The smallest absolute Gasteiger partial charge is 0.180 e. The van der Waals surface area contributed by atoms with Gasteiger partial charge in [0, 0.05) is 12.5 Å². The van der Waals surface area contributed by atoms with E-state index in [0.29, 0.717) is 17.4 Å². The summed E-state index contributed by atoms with van der Waals surface area (Å²) in [4.78, 5) is 13.2. The van der Waals surface area contributed by atoms with Crippen LogP contribution in [0.25, 0.3) is 11.5 Å². The van der Waals surface area contributed by atoms with Crippen LogP contribution in [0, 0.1) is 9.39 Å². The number of rotatable bonds is 4. The van der Waals surface area contributed by atoms with Crippen LogP contribution in [-0.2, 0) is 0 Å². The van der Waals surface area contributed by atoms with Gasteiger partial charge in [0.25, 0.3) is 0 Å². The molecule has 0 unspecified atom stereocenters. The highest BCUT2D eigenvalue weighted by Crippen LogP contribution is 2.42. The molecular weight excluding hydrogens is 370 g/mol. The first-order chi connectivity index (χ1) is 9.69. The molecule has 1 saturated carbocycles. The topological polar surface area (TPSA) is 50.7 Å². The summed E-state index contributed by atoms with van der Waals surface area (Å²) in [6.45, 7) is 2.83. The third kappa shape index (κ3) is 2.74. The van der Waals surface area contributed by atoms with E-state index in [0.717, 1.165) is 21.6 Å². The Kier molecular flexibility index (Phi) is 3.82. The number of hydrogen-bond acceptors (Lipinski definition) is 4. The number of nitrogens with zero attached hydrogens (tertiary/aromatic N) is 3. The van der Waals surface area contributed by atoms with Gasteiger partial charge in [-0.3, -0.25) is 0 Å². The average Bonchev–Trinajstić information content (AvgIpc) is 3.27. The molecule has 0 aromatic carbocycles. The van der Waals surface area contributed by atoms with E-state index >= 15 is 0 Å². The van der Waals surface area contributed by atoms with Crippen molar-refractivity contribution in [1.82, 2.24) is 15.0 Å². The van der Waals surface area contributed by atoms with Crippen molar-refractivity contribution >= 4 is 28.4 Å². The average molecular weight is 384 g/mol. The van der Waals surface area contributed by atoms with E-state index in [1.54, 1.807) is 6.07 Å². The summed E-state index contributed by atoms with van der Waals surface area (Å²) in [5.41, 5.74) is 1.68. The Hall–Kier alpha value is -1.31. The SMILES string of the molecule is CCNc1nc(-c2ccc(F)cn2)nc(C2CC2)c1I. The minimum Gasteiger partial charge on any atom is -0.369 e. The fourth-order valence-corrected chi connectivity index (χ4v) is 2.87. The zero-order valence-electron chi connectivity index (χ0n) is 11.0. The number of pyridine rings is 1. The maximum absolute atomic E-state index is 13.0. The zero-order chi connectivity index (χ0) is 14.1. The maximum Gasteiger partial charge on any atom is 0.180 e. The molecule has 3 rings (SSSR count). The van der Waals surface area contributed by atoms with Crippen LogP contribution in [0.4, 0.5) is 10.2 Å². The number of hydrogen-bond donors (Lipinski definition) is 1. The second-order valence-corrected chi connectivity index (χ2v) is 5.84. The van der Waals surface area contributed by atoms with Crippen LogP contribution in [-0.4, -0.2) is 21.5 Å². The Labute approximate surface area is 130 Å². The molecule has 2 heterocycles. The lowest BCUT2D eigenvalue weighted by Gasteiger charge is -2.11. The third-order valence-electron chi connectivity index (χ3n) is 3.14. The van der Waals surface area contributed by atoms with E-state index in [9.17, 15) is 4.39 Å². The van der Waals surface area contributed by atoms with Crippen molar-refractivity contribution in [2.75, 3.05) is 11.9 Å². The van der Waals surface area contributed by atoms with Gasteiger partial charge < -0.3 is 5.32 Å². The van der Waals surface area contributed by atoms with E-state index in [4.69, 9.17) is 0 Å². The van der Waals surface area contributed by atoms with Crippen molar-refractivity contribution in [3.05, 3.63) is 33.4 Å². The molecule has 0 spiro atoms. The Morgan fingerprint density at radius 1 is 1.35 bits per heavy atom. The second-order valence-electron chi connectivity index (χ2n) is 4.76. The van der Waals surface area contributed by atoms with Crippen molar-refractivity contribution in [2.24, 2.45) is 0 Å². The third-order valence-corrected chi connectivity index (χ3v) is 4.21. The highest BCUT2D eigenvalue weighted by molar-refractivity contribution is 14.1. The summed E-state index contributed by atoms with van der Waals surface area (Å²) in [6, 6.07) is 3.00. The molecule has 1 aliphatic carbocycles. The standard InChI is InChI=1S/C14H14FIN4/c1-2-17-14-11(16)12(8-3-4-8)19-13(20-14)10-6-5-9(15)7-18-10/h5-8H,2-4H2,1H3,(H,17,19,20). The Morgan fingerprint density at radius 3 is 2.75 bits per heavy atom. The normalized spacial score (nSPS) is 14.3. The van der Waals surface area contributed by atoms with Crippen LogP contribution in [0.5, 0.6) is 0 Å². The lowest BCUT2D eigenvalue weighted by atomic mass is 10.2. The van der Waals surface area contributed by atoms with Gasteiger partial charge in [0.2, 0.25) is 0 Å². The van der Waals surface area contributed by atoms with Crippen LogP contribution in [0.15, 0.2) is 18.3 Å². The van der Waals surface area contributed by atoms with Crippen LogP contribution in [0.2, 0.25) is 0 Å². The van der Waals surface area contributed by atoms with Gasteiger partial charge >= 0.3 is 0 Å². The van der Waals surface area contributed by atoms with Gasteiger partial charge in [-0.25, -0.2) is 19.3 Å². The predicted octanol–water partition coefficient (Wildman–Crippen LogP) is 3.59. The summed E-state index contributed by atoms with van der Waals surface area (Å²) in [6.07, 6.45) is 3.55. The summed E-state index contributed by atoms with van der Waals surface area (Å²) < 4.78 is 14.0. The Balaban J connectivity index is 2.07. The first-order valence-electron chi connectivity index (χ1n) is 6.62. The highest BCUT2D eigenvalue weighted by Gasteiger charge is 2.29. The molecular formula is C14H14FIN4. The second kappa shape index (κ2) is 5.59. The molecule has 4 nitrogen and oxygen atoms in total. The van der Waals surface area contributed by atoms with Crippen molar-refractivity contribution in [2.45, 2.75) is 25.7 Å². The number of anilines is 1. The monoisotopic (exact) mass is 384 g/mol. The lowest BCUT2D eigenvalue weighted by molar-refractivity contribution is 0.621. The summed E-state index contributed by atoms with van der Waals surface area (Å²) in [5.74, 6) is 1.57. The molecule has 0 aliphatic heterocycles. The highest BCUT2D eigenvalue weighted by atomic mass is 127. The van der Waals surface area contributed by atoms with Crippen LogP contribution >= 0.6 is 22.6 Å². The summed E-state index contributed by atoms with van der Waals surface area (Å²) in [7, 11) is 0. The molecule has 1 aliphatic rings. The molecule has 0 bridgehead atoms. The largest absolute Gasteiger partial charge is 0.369 e. The van der Waals surface area contributed by atoms with E-state index < -0.39 is 0 Å². The van der Waals surface area contributed by atoms with E-state index in [1.807, 2.05) is 6.92 Å². The van der Waals surface area contributed by atoms with Crippen molar-refractivity contribution < 1.29 is 4.39 Å². The fraction of sp³-hybridized carbons (Fsp3) is 0.357. The molecule has 0 saturated heterocycles. The van der Waals surface area contributed by atoms with Crippen molar-refractivity contribution in [3.8, 4) is 11.5 Å². The van der Waals surface area contributed by atoms with Gasteiger partial charge in [0.1, 0.15) is 17.3 Å². The molecule has 6 heteroatoms. The van der Waals surface area contributed by atoms with Crippen molar-refractivity contribution in [1.29, 1.82) is 0 Å². The Morgan fingerprint density at radius 2 is 2.15 bits per heavy atom. The molecule has 2 aromatic rings. The van der Waals surface area contributed by atoms with E-state index in [-0.39, 0.29) is 5.82 Å². The Bertz CT molecular complexity index is 626. The maximum atomic E-state index is 13.0. The van der Waals surface area contributed by atoms with Crippen LogP contribution in [0.1, 0.15) is 31.4 Å². The lowest BCUT2D eigenvalue weighted by Crippen LogP contribution is -2.08. The van der Waals surface area contributed by atoms with Crippen LogP contribution < -0.4 is 5.32 Å². The van der Waals surface area contributed by atoms with Gasteiger partial charge in [-0.15, -0.1) is 0 Å². The molecule has 0 radical (unpaired) electrons. The minimum absolute atomic E-state index is 0.353. The number of nitrogens with one attached hydrogen (secondary N) is 1. The van der Waals surface area contributed by atoms with Crippen molar-refractivity contribution in [3.63, 3.8) is 0 Å². The molecule has 104 valence electrons. The molecule has 20 heavy (non-hydrogen) atoms. The number of halogens is 2. The summed E-state index contributed by atoms with van der Waals surface area (Å²) in [5, 5.41) is 3.26. The van der Waals surface area contributed by atoms with E-state index in [2.05, 4.69) is 42.9 Å². The molecule has 0 atom stereocenters. The first kappa shape index (κ1) is 13.7. The van der Waals surface area contributed by atoms with E-state index in [1.165, 1.54) is 25.1 Å². The molecule has 1 fully saturated rings. The quantitative estimate of drug-likeness (QED) is 0.819. The van der Waals surface area contributed by atoms with Crippen LogP contribution in [0.3, 0.4) is 0 Å². The summed E-state index contributed by atoms with van der Waals surface area (Å²) >= 11 is 2.29. The van der Waals surface area contributed by atoms with Gasteiger partial charge in [0.05, 0.1) is 15.5 Å². The minimum atomic E-state index is -0.353. The molecule has 2 aromatic heterocycles. The first-order valence-corrected chi connectivity index (χ1v) is 7.70. The molecule has 1 N–H and O–H groups in total. The van der Waals surface area contributed by atoms with Gasteiger partial charge in [-0.05, 0) is 54.5 Å². The van der Waals surface area contributed by atoms with Gasteiger partial charge in [-0.2, -0.15) is 0 Å². The zero-order valence-corrected chi connectivity index (χ0v) is 13.2. The number of aromatic nitrogens is 3. The fourth-order valence-electron chi connectivity index (χ4n) is 2.00. The predicted molar refractivity (Wildman–Crippen MR) is 84.1 cm³/mol. The molecule has 0 amide bonds.